The lowest BCUT2D eigenvalue weighted by atomic mass is 10.1. The predicted octanol–water partition coefficient (Wildman–Crippen LogP) is 3.74. The Morgan fingerprint density at radius 2 is 2.05 bits per heavy atom. The number of ether oxygens (including phenoxy) is 1. The first-order valence-electron chi connectivity index (χ1n) is 6.04. The summed E-state index contributed by atoms with van der Waals surface area (Å²) in [4.78, 5) is 7.78. The summed E-state index contributed by atoms with van der Waals surface area (Å²) in [6.07, 6.45) is 2.69. The van der Waals surface area contributed by atoms with Crippen LogP contribution in [0.15, 0.2) is 47.3 Å². The number of thiophene rings is 1. The van der Waals surface area contributed by atoms with Crippen LogP contribution in [-0.4, -0.2) is 17.1 Å². The second-order valence-corrected chi connectivity index (χ2v) is 5.06. The van der Waals surface area contributed by atoms with E-state index in [4.69, 9.17) is 4.74 Å². The molecule has 1 N–H and O–H groups in total. The van der Waals surface area contributed by atoms with Crippen LogP contribution in [0.3, 0.4) is 0 Å². The molecule has 0 aliphatic rings. The Bertz CT molecular complexity index is 641. The Balaban J connectivity index is 1.76. The Morgan fingerprint density at radius 3 is 2.74 bits per heavy atom. The van der Waals surface area contributed by atoms with Crippen molar-refractivity contribution in [2.75, 3.05) is 7.11 Å². The van der Waals surface area contributed by atoms with E-state index in [-0.39, 0.29) is 0 Å². The molecule has 0 saturated carbocycles. The number of rotatable bonds is 4. The van der Waals surface area contributed by atoms with Crippen molar-refractivity contribution in [3.63, 3.8) is 0 Å². The van der Waals surface area contributed by atoms with E-state index in [2.05, 4.69) is 38.9 Å². The number of nitrogens with one attached hydrogen (secondary N) is 1. The molecule has 1 aromatic carbocycles. The third-order valence-corrected chi connectivity index (χ3v) is 3.67. The van der Waals surface area contributed by atoms with Gasteiger partial charge < -0.3 is 9.72 Å². The summed E-state index contributed by atoms with van der Waals surface area (Å²) in [6, 6.07) is 10.2. The van der Waals surface area contributed by atoms with E-state index in [9.17, 15) is 0 Å². The van der Waals surface area contributed by atoms with Gasteiger partial charge in [0.05, 0.1) is 19.0 Å². The second-order valence-electron chi connectivity index (χ2n) is 4.28. The maximum absolute atomic E-state index is 5.15. The lowest BCUT2D eigenvalue weighted by Crippen LogP contribution is -1.91. The van der Waals surface area contributed by atoms with Crippen LogP contribution in [0.5, 0.6) is 5.75 Å². The predicted molar refractivity (Wildman–Crippen MR) is 77.7 cm³/mol. The van der Waals surface area contributed by atoms with Crippen molar-refractivity contribution in [2.24, 2.45) is 0 Å². The molecule has 0 fully saturated rings. The van der Waals surface area contributed by atoms with Crippen molar-refractivity contribution in [1.82, 2.24) is 9.97 Å². The number of benzene rings is 1. The first-order chi connectivity index (χ1) is 9.35. The molecular formula is C15H14N2OS. The summed E-state index contributed by atoms with van der Waals surface area (Å²) in [5.41, 5.74) is 3.48. The second kappa shape index (κ2) is 5.28. The topological polar surface area (TPSA) is 37.9 Å². The van der Waals surface area contributed by atoms with Crippen molar-refractivity contribution in [1.29, 1.82) is 0 Å². The molecule has 2 aromatic heterocycles. The average Bonchev–Trinajstić information content (AvgIpc) is 3.10. The van der Waals surface area contributed by atoms with Crippen LogP contribution >= 0.6 is 11.3 Å². The third kappa shape index (κ3) is 2.69. The van der Waals surface area contributed by atoms with Crippen LogP contribution in [-0.2, 0) is 6.42 Å². The smallest absolute Gasteiger partial charge is 0.118 e. The van der Waals surface area contributed by atoms with Crippen molar-refractivity contribution in [3.05, 3.63) is 58.7 Å². The molecule has 19 heavy (non-hydrogen) atoms. The summed E-state index contributed by atoms with van der Waals surface area (Å²) >= 11 is 1.69. The number of aromatic nitrogens is 2. The van der Waals surface area contributed by atoms with Gasteiger partial charge in [-0.15, -0.1) is 0 Å². The minimum Gasteiger partial charge on any atom is -0.497 e. The quantitative estimate of drug-likeness (QED) is 0.784. The molecule has 0 unspecified atom stereocenters. The Labute approximate surface area is 115 Å². The summed E-state index contributed by atoms with van der Waals surface area (Å²) in [5, 5.41) is 4.18. The molecule has 3 rings (SSSR count). The van der Waals surface area contributed by atoms with Gasteiger partial charge in [0.25, 0.3) is 0 Å². The number of imidazole rings is 1. The van der Waals surface area contributed by atoms with Gasteiger partial charge in [0.1, 0.15) is 11.6 Å². The number of hydrogen-bond acceptors (Lipinski definition) is 3. The Hall–Kier alpha value is -2.07. The zero-order valence-electron chi connectivity index (χ0n) is 10.6. The van der Waals surface area contributed by atoms with Gasteiger partial charge in [-0.2, -0.15) is 11.3 Å². The molecule has 3 aromatic rings. The SMILES string of the molecule is COc1ccc(Cc2ncc(-c3ccsc3)[nH]2)cc1. The number of H-pyrrole nitrogens is 1. The number of methoxy groups -OCH3 is 1. The molecule has 0 bridgehead atoms. The normalized spacial score (nSPS) is 10.6. The highest BCUT2D eigenvalue weighted by atomic mass is 32.1. The first-order valence-corrected chi connectivity index (χ1v) is 6.99. The van der Waals surface area contributed by atoms with Crippen LogP contribution in [0.25, 0.3) is 11.3 Å². The van der Waals surface area contributed by atoms with Gasteiger partial charge in [-0.25, -0.2) is 4.98 Å². The zero-order chi connectivity index (χ0) is 13.1. The van der Waals surface area contributed by atoms with E-state index in [0.717, 1.165) is 23.7 Å². The molecule has 0 amide bonds. The molecule has 0 aliphatic heterocycles. The number of aromatic amines is 1. The van der Waals surface area contributed by atoms with E-state index in [1.54, 1.807) is 18.4 Å². The van der Waals surface area contributed by atoms with E-state index >= 15 is 0 Å². The fraction of sp³-hybridized carbons (Fsp3) is 0.133. The molecule has 0 saturated heterocycles. The standard InChI is InChI=1S/C15H14N2OS/c1-18-13-4-2-11(3-5-13)8-15-16-9-14(17-15)12-6-7-19-10-12/h2-7,9-10H,8H2,1H3,(H,16,17). The molecule has 96 valence electrons. The molecule has 0 radical (unpaired) electrons. The maximum Gasteiger partial charge on any atom is 0.118 e. The van der Waals surface area contributed by atoms with Crippen LogP contribution in [0, 0.1) is 0 Å². The van der Waals surface area contributed by atoms with Gasteiger partial charge in [0, 0.05) is 17.4 Å². The van der Waals surface area contributed by atoms with E-state index in [1.807, 2.05) is 18.3 Å². The van der Waals surface area contributed by atoms with Gasteiger partial charge in [-0.1, -0.05) is 12.1 Å². The molecule has 4 heteroatoms. The van der Waals surface area contributed by atoms with Crippen molar-refractivity contribution in [3.8, 4) is 17.0 Å². The average molecular weight is 270 g/mol. The molecular weight excluding hydrogens is 256 g/mol. The highest BCUT2D eigenvalue weighted by Crippen LogP contribution is 2.21. The van der Waals surface area contributed by atoms with E-state index < -0.39 is 0 Å². The maximum atomic E-state index is 5.15. The van der Waals surface area contributed by atoms with Gasteiger partial charge in [0.2, 0.25) is 0 Å². The summed E-state index contributed by atoms with van der Waals surface area (Å²) in [6.45, 7) is 0. The molecule has 0 spiro atoms. The van der Waals surface area contributed by atoms with Gasteiger partial charge in [-0.05, 0) is 29.1 Å². The summed E-state index contributed by atoms with van der Waals surface area (Å²) in [5.74, 6) is 1.86. The Morgan fingerprint density at radius 1 is 1.21 bits per heavy atom. The van der Waals surface area contributed by atoms with Crippen LogP contribution in [0.4, 0.5) is 0 Å². The van der Waals surface area contributed by atoms with Gasteiger partial charge in [-0.3, -0.25) is 0 Å². The molecule has 2 heterocycles. The van der Waals surface area contributed by atoms with Gasteiger partial charge in [0.15, 0.2) is 0 Å². The fourth-order valence-corrected chi connectivity index (χ4v) is 2.61. The zero-order valence-corrected chi connectivity index (χ0v) is 11.4. The van der Waals surface area contributed by atoms with Crippen molar-refractivity contribution in [2.45, 2.75) is 6.42 Å². The van der Waals surface area contributed by atoms with Crippen LogP contribution in [0.1, 0.15) is 11.4 Å². The highest BCUT2D eigenvalue weighted by molar-refractivity contribution is 7.08. The number of hydrogen-bond donors (Lipinski definition) is 1. The highest BCUT2D eigenvalue weighted by Gasteiger charge is 2.04. The minimum atomic E-state index is 0.800. The minimum absolute atomic E-state index is 0.800. The monoisotopic (exact) mass is 270 g/mol. The van der Waals surface area contributed by atoms with Crippen molar-refractivity contribution < 1.29 is 4.74 Å². The summed E-state index contributed by atoms with van der Waals surface area (Å²) < 4.78 is 5.15. The van der Waals surface area contributed by atoms with Crippen molar-refractivity contribution >= 4 is 11.3 Å². The fourth-order valence-electron chi connectivity index (χ4n) is 1.95. The molecule has 0 atom stereocenters. The van der Waals surface area contributed by atoms with Gasteiger partial charge >= 0.3 is 0 Å². The first kappa shape index (κ1) is 12.0. The lowest BCUT2D eigenvalue weighted by Gasteiger charge is -2.01. The lowest BCUT2D eigenvalue weighted by molar-refractivity contribution is 0.414. The van der Waals surface area contributed by atoms with E-state index in [0.29, 0.717) is 0 Å². The van der Waals surface area contributed by atoms with Crippen LogP contribution in [0.2, 0.25) is 0 Å². The molecule has 0 aliphatic carbocycles. The largest absolute Gasteiger partial charge is 0.497 e. The Kier molecular flexibility index (Phi) is 3.33. The number of nitrogens with zero attached hydrogens (tertiary/aromatic N) is 1. The third-order valence-electron chi connectivity index (χ3n) is 2.99. The molecule has 3 nitrogen and oxygen atoms in total. The summed E-state index contributed by atoms with van der Waals surface area (Å²) in [7, 11) is 1.68. The van der Waals surface area contributed by atoms with Crippen LogP contribution < -0.4 is 4.74 Å². The van der Waals surface area contributed by atoms with E-state index in [1.165, 1.54) is 11.1 Å².